The zero-order chi connectivity index (χ0) is 13.8. The molecule has 1 N–H and O–H groups in total. The summed E-state index contributed by atoms with van der Waals surface area (Å²) in [4.78, 5) is 0. The predicted octanol–water partition coefficient (Wildman–Crippen LogP) is 5.15. The van der Waals surface area contributed by atoms with E-state index in [2.05, 4.69) is 43.4 Å². The quantitative estimate of drug-likeness (QED) is 0.822. The summed E-state index contributed by atoms with van der Waals surface area (Å²) >= 11 is 12.0. The van der Waals surface area contributed by atoms with Gasteiger partial charge in [-0.2, -0.15) is 0 Å². The first-order chi connectivity index (χ1) is 9.06. The van der Waals surface area contributed by atoms with Crippen LogP contribution in [0.4, 0.5) is 0 Å². The van der Waals surface area contributed by atoms with Crippen molar-refractivity contribution in [3.8, 4) is 0 Å². The van der Waals surface area contributed by atoms with E-state index >= 15 is 0 Å². The van der Waals surface area contributed by atoms with Crippen molar-refractivity contribution in [1.29, 1.82) is 0 Å². The van der Waals surface area contributed by atoms with Gasteiger partial charge in [0.2, 0.25) is 0 Å². The van der Waals surface area contributed by atoms with Gasteiger partial charge in [0.1, 0.15) is 0 Å². The van der Waals surface area contributed by atoms with E-state index in [-0.39, 0.29) is 6.04 Å². The zero-order valence-corrected chi connectivity index (χ0v) is 12.6. The van der Waals surface area contributed by atoms with Gasteiger partial charge < -0.3 is 5.32 Å². The minimum absolute atomic E-state index is 0.284. The molecule has 100 valence electrons. The average molecular weight is 294 g/mol. The summed E-state index contributed by atoms with van der Waals surface area (Å²) in [5.41, 5.74) is 3.62. The second kappa shape index (κ2) is 6.42. The summed E-state index contributed by atoms with van der Waals surface area (Å²) in [5.74, 6) is 0. The highest BCUT2D eigenvalue weighted by molar-refractivity contribution is 6.35. The largest absolute Gasteiger partial charge is 0.306 e. The average Bonchev–Trinajstić information content (AvgIpc) is 2.37. The standard InChI is InChI=1S/C16H17Cl2N/c1-11-4-3-5-13(8-11)12(2)19-10-14-6-7-15(17)9-16(14)18/h3-9,12,19H,10H2,1-2H3/t12-/m0/s1. The maximum absolute atomic E-state index is 6.16. The van der Waals surface area contributed by atoms with Gasteiger partial charge in [-0.15, -0.1) is 0 Å². The molecule has 0 amide bonds. The smallest absolute Gasteiger partial charge is 0.0465 e. The molecule has 0 radical (unpaired) electrons. The van der Waals surface area contributed by atoms with Crippen molar-refractivity contribution in [2.75, 3.05) is 0 Å². The topological polar surface area (TPSA) is 12.0 Å². The van der Waals surface area contributed by atoms with Crippen molar-refractivity contribution in [1.82, 2.24) is 5.32 Å². The van der Waals surface area contributed by atoms with Crippen molar-refractivity contribution < 1.29 is 0 Å². The number of halogens is 2. The Bertz CT molecular complexity index is 566. The Kier molecular flexibility index (Phi) is 4.87. The Balaban J connectivity index is 2.02. The third-order valence-electron chi connectivity index (χ3n) is 3.16. The number of aryl methyl sites for hydroxylation is 1. The minimum Gasteiger partial charge on any atom is -0.306 e. The van der Waals surface area contributed by atoms with Gasteiger partial charge in [0, 0.05) is 22.6 Å². The second-order valence-corrected chi connectivity index (χ2v) is 5.60. The molecule has 0 heterocycles. The van der Waals surface area contributed by atoms with E-state index in [1.807, 2.05) is 12.1 Å². The molecule has 2 aromatic rings. The number of hydrogen-bond donors (Lipinski definition) is 1. The van der Waals surface area contributed by atoms with Crippen LogP contribution in [0.2, 0.25) is 10.0 Å². The number of benzene rings is 2. The SMILES string of the molecule is Cc1cccc([C@H](C)NCc2ccc(Cl)cc2Cl)c1. The maximum atomic E-state index is 6.16. The Morgan fingerprint density at radius 2 is 1.89 bits per heavy atom. The second-order valence-electron chi connectivity index (χ2n) is 4.75. The lowest BCUT2D eigenvalue weighted by atomic mass is 10.1. The van der Waals surface area contributed by atoms with Crippen LogP contribution in [-0.4, -0.2) is 0 Å². The first-order valence-corrected chi connectivity index (χ1v) is 7.06. The molecule has 0 fully saturated rings. The summed E-state index contributed by atoms with van der Waals surface area (Å²) in [6, 6.07) is 14.4. The van der Waals surface area contributed by atoms with Gasteiger partial charge >= 0.3 is 0 Å². The summed E-state index contributed by atoms with van der Waals surface area (Å²) in [7, 11) is 0. The Morgan fingerprint density at radius 3 is 2.58 bits per heavy atom. The normalized spacial score (nSPS) is 12.4. The van der Waals surface area contributed by atoms with E-state index in [0.29, 0.717) is 10.0 Å². The molecule has 1 atom stereocenters. The van der Waals surface area contributed by atoms with E-state index in [0.717, 1.165) is 12.1 Å². The Morgan fingerprint density at radius 1 is 1.11 bits per heavy atom. The summed E-state index contributed by atoms with van der Waals surface area (Å²) < 4.78 is 0. The van der Waals surface area contributed by atoms with Crippen molar-refractivity contribution in [2.24, 2.45) is 0 Å². The maximum Gasteiger partial charge on any atom is 0.0465 e. The molecule has 1 nitrogen and oxygen atoms in total. The fraction of sp³-hybridized carbons (Fsp3) is 0.250. The monoisotopic (exact) mass is 293 g/mol. The third-order valence-corrected chi connectivity index (χ3v) is 3.74. The van der Waals surface area contributed by atoms with Crippen LogP contribution in [0.1, 0.15) is 29.7 Å². The first-order valence-electron chi connectivity index (χ1n) is 6.30. The van der Waals surface area contributed by atoms with E-state index in [4.69, 9.17) is 23.2 Å². The Labute approximate surface area is 124 Å². The lowest BCUT2D eigenvalue weighted by Gasteiger charge is -2.15. The van der Waals surface area contributed by atoms with Crippen LogP contribution in [0.3, 0.4) is 0 Å². The summed E-state index contributed by atoms with van der Waals surface area (Å²) in [6.45, 7) is 4.98. The highest BCUT2D eigenvalue weighted by Crippen LogP contribution is 2.22. The molecule has 19 heavy (non-hydrogen) atoms. The molecule has 3 heteroatoms. The molecular weight excluding hydrogens is 277 g/mol. The predicted molar refractivity (Wildman–Crippen MR) is 82.9 cm³/mol. The molecule has 2 rings (SSSR count). The van der Waals surface area contributed by atoms with Crippen LogP contribution in [0.15, 0.2) is 42.5 Å². The van der Waals surface area contributed by atoms with Gasteiger partial charge in [-0.3, -0.25) is 0 Å². The minimum atomic E-state index is 0.284. The van der Waals surface area contributed by atoms with Crippen molar-refractivity contribution in [2.45, 2.75) is 26.4 Å². The number of hydrogen-bond acceptors (Lipinski definition) is 1. The number of rotatable bonds is 4. The fourth-order valence-corrected chi connectivity index (χ4v) is 2.46. The van der Waals surface area contributed by atoms with Crippen LogP contribution < -0.4 is 5.32 Å². The lowest BCUT2D eigenvalue weighted by molar-refractivity contribution is 0.574. The van der Waals surface area contributed by atoms with Gasteiger partial charge in [0.15, 0.2) is 0 Å². The van der Waals surface area contributed by atoms with Gasteiger partial charge in [0.05, 0.1) is 0 Å². The highest BCUT2D eigenvalue weighted by atomic mass is 35.5. The van der Waals surface area contributed by atoms with Crippen molar-refractivity contribution >= 4 is 23.2 Å². The first kappa shape index (κ1) is 14.4. The third kappa shape index (κ3) is 3.97. The molecule has 0 aliphatic rings. The summed E-state index contributed by atoms with van der Waals surface area (Å²) in [5, 5.41) is 4.85. The molecule has 2 aromatic carbocycles. The number of nitrogens with one attached hydrogen (secondary N) is 1. The fourth-order valence-electron chi connectivity index (χ4n) is 1.99. The van der Waals surface area contributed by atoms with E-state index in [1.165, 1.54) is 11.1 Å². The molecule has 0 saturated carbocycles. The van der Waals surface area contributed by atoms with Gasteiger partial charge in [-0.05, 0) is 37.1 Å². The van der Waals surface area contributed by atoms with Crippen LogP contribution in [0.25, 0.3) is 0 Å². The molecule has 0 aromatic heterocycles. The highest BCUT2D eigenvalue weighted by Gasteiger charge is 2.06. The van der Waals surface area contributed by atoms with E-state index in [9.17, 15) is 0 Å². The van der Waals surface area contributed by atoms with Gasteiger partial charge in [-0.1, -0.05) is 59.1 Å². The lowest BCUT2D eigenvalue weighted by Crippen LogP contribution is -2.18. The molecule has 0 spiro atoms. The molecule has 0 saturated heterocycles. The molecule has 0 bridgehead atoms. The van der Waals surface area contributed by atoms with Crippen LogP contribution in [-0.2, 0) is 6.54 Å². The van der Waals surface area contributed by atoms with Crippen molar-refractivity contribution in [3.05, 3.63) is 69.2 Å². The van der Waals surface area contributed by atoms with Crippen LogP contribution in [0, 0.1) is 6.92 Å². The Hall–Kier alpha value is -1.02. The molecular formula is C16H17Cl2N. The zero-order valence-electron chi connectivity index (χ0n) is 11.1. The molecule has 0 aliphatic carbocycles. The van der Waals surface area contributed by atoms with Crippen LogP contribution >= 0.6 is 23.2 Å². The van der Waals surface area contributed by atoms with Gasteiger partial charge in [-0.25, -0.2) is 0 Å². The molecule has 0 unspecified atom stereocenters. The summed E-state index contributed by atoms with van der Waals surface area (Å²) in [6.07, 6.45) is 0. The van der Waals surface area contributed by atoms with Crippen LogP contribution in [0.5, 0.6) is 0 Å². The van der Waals surface area contributed by atoms with E-state index in [1.54, 1.807) is 6.07 Å². The van der Waals surface area contributed by atoms with Crippen molar-refractivity contribution in [3.63, 3.8) is 0 Å². The van der Waals surface area contributed by atoms with Gasteiger partial charge in [0.25, 0.3) is 0 Å². The van der Waals surface area contributed by atoms with E-state index < -0.39 is 0 Å². The molecule has 0 aliphatic heterocycles.